The fraction of sp³-hybridized carbons (Fsp3) is 0.500. The predicted molar refractivity (Wildman–Crippen MR) is 252 cm³/mol. The van der Waals surface area contributed by atoms with Gasteiger partial charge in [0.25, 0.3) is 5.91 Å². The SMILES string of the molecule is COc1cc(C(=O)N2CC3CN(C(=O)Cc4c[nH]c5cc(Cl)ccc45)CC(C(=O)N[C@H](C(=O)NCCCCCNC(=O)OC(C)(C)C)[C@H](C)OCc4ccccc4)C3C2)ccc1OC(C)C. The molecule has 3 heterocycles. The fourth-order valence-electron chi connectivity index (χ4n) is 8.64. The number of unbranched alkanes of at least 4 members (excludes halogenated alkanes) is 2. The maximum atomic E-state index is 14.8. The molecular weight excluding hydrogens is 864 g/mol. The molecule has 4 aromatic rings. The molecule has 66 heavy (non-hydrogen) atoms. The number of nitrogens with zero attached hydrogens (tertiary/aromatic N) is 2. The third-order valence-electron chi connectivity index (χ3n) is 11.9. The minimum Gasteiger partial charge on any atom is -0.493 e. The average molecular weight is 930 g/mol. The highest BCUT2D eigenvalue weighted by Crippen LogP contribution is 2.38. The van der Waals surface area contributed by atoms with E-state index >= 15 is 0 Å². The molecule has 5 atom stereocenters. The Morgan fingerprint density at radius 3 is 2.29 bits per heavy atom. The van der Waals surface area contributed by atoms with E-state index in [0.29, 0.717) is 61.1 Å². The minimum absolute atomic E-state index is 0.0903. The molecule has 2 aliphatic heterocycles. The topological polar surface area (TPSA) is 181 Å². The molecule has 0 aliphatic carbocycles. The van der Waals surface area contributed by atoms with Gasteiger partial charge in [0.05, 0.1) is 38.3 Å². The number of likely N-dealkylation sites (tertiary alicyclic amines) is 2. The van der Waals surface area contributed by atoms with Crippen molar-refractivity contribution in [1.82, 2.24) is 30.7 Å². The van der Waals surface area contributed by atoms with Crippen LogP contribution < -0.4 is 25.4 Å². The van der Waals surface area contributed by atoms with Crippen LogP contribution in [0.25, 0.3) is 10.9 Å². The first-order chi connectivity index (χ1) is 31.5. The number of hydrogen-bond donors (Lipinski definition) is 4. The number of carbonyl (C=O) groups excluding carboxylic acids is 5. The lowest BCUT2D eigenvalue weighted by atomic mass is 9.79. The normalized spacial score (nSPS) is 18.0. The molecule has 2 fully saturated rings. The monoisotopic (exact) mass is 928 g/mol. The lowest BCUT2D eigenvalue weighted by Gasteiger charge is -2.40. The zero-order valence-electron chi connectivity index (χ0n) is 39.1. The number of hydrogen-bond acceptors (Lipinski definition) is 9. The Bertz CT molecular complexity index is 2310. The van der Waals surface area contributed by atoms with Gasteiger partial charge >= 0.3 is 6.09 Å². The number of piperidine rings is 1. The van der Waals surface area contributed by atoms with Crippen molar-refractivity contribution in [2.45, 2.75) is 97.7 Å². The van der Waals surface area contributed by atoms with Crippen molar-refractivity contribution in [3.8, 4) is 11.5 Å². The first-order valence-electron chi connectivity index (χ1n) is 22.9. The number of amides is 5. The molecule has 16 heteroatoms. The summed E-state index contributed by atoms with van der Waals surface area (Å²) in [5, 5.41) is 10.2. The number of rotatable bonds is 19. The van der Waals surface area contributed by atoms with Crippen molar-refractivity contribution in [1.29, 1.82) is 0 Å². The molecule has 356 valence electrons. The average Bonchev–Trinajstić information content (AvgIpc) is 3.89. The molecule has 0 saturated carbocycles. The molecule has 4 N–H and O–H groups in total. The number of benzene rings is 3. The van der Waals surface area contributed by atoms with Gasteiger partial charge in [0.15, 0.2) is 11.5 Å². The first kappa shape index (κ1) is 49.6. The molecule has 3 aromatic carbocycles. The number of alkyl carbamates (subject to hydrolysis) is 1. The van der Waals surface area contributed by atoms with Crippen molar-refractivity contribution in [2.75, 3.05) is 46.4 Å². The quantitative estimate of drug-likeness (QED) is 0.0728. The van der Waals surface area contributed by atoms with Crippen molar-refractivity contribution < 1.29 is 42.9 Å². The lowest BCUT2D eigenvalue weighted by Crippen LogP contribution is -2.58. The van der Waals surface area contributed by atoms with Crippen molar-refractivity contribution in [3.63, 3.8) is 0 Å². The molecule has 0 bridgehead atoms. The van der Waals surface area contributed by atoms with Gasteiger partial charge in [0.2, 0.25) is 17.7 Å². The zero-order valence-corrected chi connectivity index (χ0v) is 39.9. The van der Waals surface area contributed by atoms with Crippen LogP contribution in [0.1, 0.15) is 82.3 Å². The van der Waals surface area contributed by atoms with Gasteiger partial charge in [-0.1, -0.05) is 48.0 Å². The number of nitrogens with one attached hydrogen (secondary N) is 4. The van der Waals surface area contributed by atoms with E-state index in [4.69, 9.17) is 30.5 Å². The van der Waals surface area contributed by atoms with Crippen LogP contribution in [0.2, 0.25) is 5.02 Å². The number of H-pyrrole nitrogens is 1. The number of halogens is 1. The Morgan fingerprint density at radius 1 is 0.848 bits per heavy atom. The Morgan fingerprint density at radius 2 is 1.58 bits per heavy atom. The molecule has 6 rings (SSSR count). The van der Waals surface area contributed by atoms with Gasteiger partial charge in [-0.2, -0.15) is 0 Å². The molecule has 15 nitrogen and oxygen atoms in total. The number of fused-ring (bicyclic) bond motifs is 2. The van der Waals surface area contributed by atoms with Crippen molar-refractivity contribution in [3.05, 3.63) is 94.6 Å². The van der Waals surface area contributed by atoms with Crippen LogP contribution >= 0.6 is 11.6 Å². The van der Waals surface area contributed by atoms with Gasteiger partial charge in [-0.05, 0) is 114 Å². The fourth-order valence-corrected chi connectivity index (χ4v) is 8.82. The molecule has 2 aliphatic rings. The predicted octanol–water partition coefficient (Wildman–Crippen LogP) is 6.91. The Balaban J connectivity index is 1.19. The molecule has 3 unspecified atom stereocenters. The number of aromatic nitrogens is 1. The van der Waals surface area contributed by atoms with Gasteiger partial charge in [0, 0.05) is 67.0 Å². The highest BCUT2D eigenvalue weighted by atomic mass is 35.5. The van der Waals surface area contributed by atoms with Crippen LogP contribution in [0, 0.1) is 17.8 Å². The van der Waals surface area contributed by atoms with Gasteiger partial charge in [-0.25, -0.2) is 4.79 Å². The summed E-state index contributed by atoms with van der Waals surface area (Å²) in [6.07, 6.45) is 2.64. The summed E-state index contributed by atoms with van der Waals surface area (Å²) in [6, 6.07) is 19.1. The largest absolute Gasteiger partial charge is 0.493 e. The number of ether oxygens (including phenoxy) is 4. The van der Waals surface area contributed by atoms with Crippen molar-refractivity contribution >= 4 is 52.2 Å². The third-order valence-corrected chi connectivity index (χ3v) is 12.2. The summed E-state index contributed by atoms with van der Waals surface area (Å²) in [7, 11) is 1.53. The Kier molecular flexibility index (Phi) is 17.0. The third kappa shape index (κ3) is 13.4. The summed E-state index contributed by atoms with van der Waals surface area (Å²) < 4.78 is 23.0. The van der Waals surface area contributed by atoms with E-state index in [1.54, 1.807) is 68.0 Å². The summed E-state index contributed by atoms with van der Waals surface area (Å²) in [5.74, 6) is -1.52. The minimum atomic E-state index is -1.07. The smallest absolute Gasteiger partial charge is 0.407 e. The Labute approximate surface area is 392 Å². The Hall–Kier alpha value is -5.80. The van der Waals surface area contributed by atoms with Gasteiger partial charge in [-0.15, -0.1) is 0 Å². The molecule has 0 spiro atoms. The second-order valence-corrected chi connectivity index (χ2v) is 19.0. The lowest BCUT2D eigenvalue weighted by molar-refractivity contribution is -0.141. The standard InChI is InChI=1S/C50H65ClN6O9/c1-31(2)65-42-19-16-34(22-43(42)63-7)48(61)57-27-36-26-56(44(58)23-35-25-54-41-24-37(51)17-18-38(35)41)29-40(39(36)28-57)46(59)55-45(32(3)64-30-33-14-10-8-11-15-33)47(60)52-20-12-9-13-21-53-49(62)66-50(4,5)6/h8,10-11,14-19,22,24-25,31-32,36,39-40,45,54H,9,12-13,20-21,23,26-30H2,1-7H3,(H,52,60)(H,53,62)(H,55,59)/t32-,36?,39?,40?,45-/m0/s1. The summed E-state index contributed by atoms with van der Waals surface area (Å²) in [5.41, 5.74) is 2.35. The van der Waals surface area contributed by atoms with E-state index in [9.17, 15) is 24.0 Å². The van der Waals surface area contributed by atoms with E-state index in [1.165, 1.54) is 7.11 Å². The van der Waals surface area contributed by atoms with Gasteiger partial charge in [-0.3, -0.25) is 19.2 Å². The summed E-state index contributed by atoms with van der Waals surface area (Å²) >= 11 is 6.24. The second-order valence-electron chi connectivity index (χ2n) is 18.5. The molecular formula is C50H65ClN6O9. The van der Waals surface area contributed by atoms with Crippen LogP contribution in [-0.4, -0.2) is 115 Å². The second kappa shape index (κ2) is 22.6. The van der Waals surface area contributed by atoms with Gasteiger partial charge < -0.3 is 49.7 Å². The van der Waals surface area contributed by atoms with Crippen LogP contribution in [0.15, 0.2) is 72.9 Å². The molecule has 0 radical (unpaired) electrons. The van der Waals surface area contributed by atoms with E-state index in [-0.39, 0.29) is 55.9 Å². The summed E-state index contributed by atoms with van der Waals surface area (Å²) in [6.45, 7) is 13.0. The van der Waals surface area contributed by atoms with E-state index < -0.39 is 41.6 Å². The molecule has 2 saturated heterocycles. The number of methoxy groups -OCH3 is 1. The van der Waals surface area contributed by atoms with E-state index in [0.717, 1.165) is 28.5 Å². The van der Waals surface area contributed by atoms with Crippen molar-refractivity contribution in [2.24, 2.45) is 17.8 Å². The molecule has 1 aromatic heterocycles. The van der Waals surface area contributed by atoms with E-state index in [2.05, 4.69) is 20.9 Å². The first-order valence-corrected chi connectivity index (χ1v) is 23.2. The maximum Gasteiger partial charge on any atom is 0.407 e. The van der Waals surface area contributed by atoms with Crippen LogP contribution in [0.3, 0.4) is 0 Å². The number of carbonyl (C=O) groups is 5. The highest BCUT2D eigenvalue weighted by Gasteiger charge is 2.48. The highest BCUT2D eigenvalue weighted by molar-refractivity contribution is 6.31. The summed E-state index contributed by atoms with van der Waals surface area (Å²) in [4.78, 5) is 76.0. The van der Waals surface area contributed by atoms with Crippen LogP contribution in [0.4, 0.5) is 4.79 Å². The zero-order chi connectivity index (χ0) is 47.5. The maximum absolute atomic E-state index is 14.8. The number of aromatic amines is 1. The van der Waals surface area contributed by atoms with Gasteiger partial charge in [0.1, 0.15) is 11.6 Å². The molecule has 5 amide bonds. The van der Waals surface area contributed by atoms with E-state index in [1.807, 2.05) is 56.3 Å². The van der Waals surface area contributed by atoms with Crippen LogP contribution in [-0.2, 0) is 36.9 Å². The van der Waals surface area contributed by atoms with Crippen LogP contribution in [0.5, 0.6) is 11.5 Å².